The lowest BCUT2D eigenvalue weighted by molar-refractivity contribution is 0.0909. The largest absolute Gasteiger partial charge is 0.497 e. The van der Waals surface area contributed by atoms with Crippen molar-refractivity contribution in [1.82, 2.24) is 4.90 Å². The maximum atomic E-state index is 5.33. The van der Waals surface area contributed by atoms with E-state index in [1.807, 2.05) is 6.07 Å². The highest BCUT2D eigenvalue weighted by Crippen LogP contribution is 2.31. The quantitative estimate of drug-likeness (QED) is 0.588. The molecule has 0 spiro atoms. The van der Waals surface area contributed by atoms with Gasteiger partial charge >= 0.3 is 0 Å². The molecule has 26 heavy (non-hydrogen) atoms. The van der Waals surface area contributed by atoms with E-state index in [0.717, 1.165) is 24.0 Å². The van der Waals surface area contributed by atoms with Gasteiger partial charge in [0.25, 0.3) is 0 Å². The molecule has 0 aromatic heterocycles. The molecule has 1 saturated heterocycles. The Morgan fingerprint density at radius 2 is 1.81 bits per heavy atom. The molecule has 4 heteroatoms. The van der Waals surface area contributed by atoms with E-state index < -0.39 is 0 Å². The predicted molar refractivity (Wildman–Crippen MR) is 106 cm³/mol. The number of hydrogen-bond donors (Lipinski definition) is 0. The van der Waals surface area contributed by atoms with E-state index in [1.54, 1.807) is 14.2 Å². The van der Waals surface area contributed by atoms with Gasteiger partial charge < -0.3 is 9.57 Å². The summed E-state index contributed by atoms with van der Waals surface area (Å²) in [6.45, 7) is 2.34. The zero-order valence-corrected chi connectivity index (χ0v) is 15.8. The first kappa shape index (κ1) is 17.3. The van der Waals surface area contributed by atoms with Gasteiger partial charge in [0.05, 0.1) is 12.8 Å². The third-order valence-electron chi connectivity index (χ3n) is 5.96. The lowest BCUT2D eigenvalue weighted by Gasteiger charge is -2.42. The van der Waals surface area contributed by atoms with Crippen LogP contribution in [0.5, 0.6) is 5.75 Å². The minimum absolute atomic E-state index is 0.444. The Morgan fingerprint density at radius 3 is 2.54 bits per heavy atom. The van der Waals surface area contributed by atoms with Crippen molar-refractivity contribution in [3.05, 3.63) is 42.0 Å². The minimum Gasteiger partial charge on any atom is -0.497 e. The second-order valence-corrected chi connectivity index (χ2v) is 7.51. The van der Waals surface area contributed by atoms with E-state index >= 15 is 0 Å². The Bertz CT molecular complexity index is 798. The second-order valence-electron chi connectivity index (χ2n) is 7.51. The smallest absolute Gasteiger partial charge is 0.119 e. The van der Waals surface area contributed by atoms with E-state index in [4.69, 9.17) is 9.57 Å². The summed E-state index contributed by atoms with van der Waals surface area (Å²) in [5, 5.41) is 6.85. The fourth-order valence-corrected chi connectivity index (χ4v) is 4.28. The number of piperidine rings is 1. The van der Waals surface area contributed by atoms with Gasteiger partial charge in [-0.15, -0.1) is 0 Å². The molecule has 0 radical (unpaired) electrons. The summed E-state index contributed by atoms with van der Waals surface area (Å²) in [6, 6.07) is 13.6. The Hall–Kier alpha value is -2.07. The molecular weight excluding hydrogens is 324 g/mol. The van der Waals surface area contributed by atoms with Crippen LogP contribution in [0.15, 0.2) is 41.6 Å². The van der Waals surface area contributed by atoms with E-state index in [-0.39, 0.29) is 0 Å². The van der Waals surface area contributed by atoms with Crippen LogP contribution in [0.2, 0.25) is 0 Å². The van der Waals surface area contributed by atoms with Crippen LogP contribution in [0.3, 0.4) is 0 Å². The van der Waals surface area contributed by atoms with Gasteiger partial charge in [0, 0.05) is 24.1 Å². The van der Waals surface area contributed by atoms with Gasteiger partial charge in [-0.25, -0.2) is 0 Å². The maximum Gasteiger partial charge on any atom is 0.119 e. The number of methoxy groups -OCH3 is 1. The number of ether oxygens (including phenoxy) is 1. The van der Waals surface area contributed by atoms with E-state index in [0.29, 0.717) is 5.92 Å². The minimum atomic E-state index is 0.444. The summed E-state index contributed by atoms with van der Waals surface area (Å²) < 4.78 is 5.33. The molecule has 1 saturated carbocycles. The van der Waals surface area contributed by atoms with Crippen molar-refractivity contribution in [2.45, 2.75) is 38.1 Å². The molecular formula is C22H28N2O2. The second kappa shape index (κ2) is 7.67. The van der Waals surface area contributed by atoms with Crippen LogP contribution in [-0.4, -0.2) is 44.0 Å². The SMILES string of the molecule is CO/N=C(/c1ccc2cc(OC)ccc2c1)C1CCCN(C2CCC2)C1. The predicted octanol–water partition coefficient (Wildman–Crippen LogP) is 4.46. The molecule has 1 atom stereocenters. The molecule has 2 aromatic rings. The van der Waals surface area contributed by atoms with E-state index in [2.05, 4.69) is 40.4 Å². The van der Waals surface area contributed by atoms with Crippen LogP contribution in [0.4, 0.5) is 0 Å². The number of likely N-dealkylation sites (tertiary alicyclic amines) is 1. The van der Waals surface area contributed by atoms with Gasteiger partial charge in [-0.3, -0.25) is 4.90 Å². The van der Waals surface area contributed by atoms with Crippen molar-refractivity contribution >= 4 is 16.5 Å². The Labute approximate surface area is 155 Å². The molecule has 1 aliphatic carbocycles. The molecule has 2 fully saturated rings. The van der Waals surface area contributed by atoms with Crippen LogP contribution < -0.4 is 4.74 Å². The first-order valence-corrected chi connectivity index (χ1v) is 9.72. The monoisotopic (exact) mass is 352 g/mol. The first-order valence-electron chi connectivity index (χ1n) is 9.72. The first-order chi connectivity index (χ1) is 12.8. The van der Waals surface area contributed by atoms with Crippen molar-refractivity contribution in [2.24, 2.45) is 11.1 Å². The number of rotatable bonds is 5. The number of nitrogens with zero attached hydrogens (tertiary/aromatic N) is 2. The Balaban J connectivity index is 1.61. The highest BCUT2D eigenvalue weighted by Gasteiger charge is 2.32. The molecule has 0 bridgehead atoms. The number of oxime groups is 1. The summed E-state index contributed by atoms with van der Waals surface area (Å²) in [5.74, 6) is 1.33. The summed E-state index contributed by atoms with van der Waals surface area (Å²) in [5.41, 5.74) is 2.26. The molecule has 4 nitrogen and oxygen atoms in total. The molecule has 0 N–H and O–H groups in total. The number of fused-ring (bicyclic) bond motifs is 1. The highest BCUT2D eigenvalue weighted by atomic mass is 16.6. The molecule has 1 unspecified atom stereocenters. The lowest BCUT2D eigenvalue weighted by atomic mass is 9.84. The fraction of sp³-hybridized carbons (Fsp3) is 0.500. The summed E-state index contributed by atoms with van der Waals surface area (Å²) in [4.78, 5) is 7.92. The van der Waals surface area contributed by atoms with E-state index in [9.17, 15) is 0 Å². The lowest BCUT2D eigenvalue weighted by Crippen LogP contribution is -2.47. The van der Waals surface area contributed by atoms with Crippen molar-refractivity contribution in [1.29, 1.82) is 0 Å². The number of hydrogen-bond acceptors (Lipinski definition) is 4. The molecule has 0 amide bonds. The van der Waals surface area contributed by atoms with Gasteiger partial charge in [-0.2, -0.15) is 0 Å². The Morgan fingerprint density at radius 1 is 1.00 bits per heavy atom. The molecule has 2 aliphatic rings. The van der Waals surface area contributed by atoms with E-state index in [1.165, 1.54) is 55.0 Å². The normalized spacial score (nSPS) is 22.2. The van der Waals surface area contributed by atoms with Gasteiger partial charge in [0.2, 0.25) is 0 Å². The van der Waals surface area contributed by atoms with Crippen LogP contribution >= 0.6 is 0 Å². The topological polar surface area (TPSA) is 34.1 Å². The van der Waals surface area contributed by atoms with Gasteiger partial charge in [0.15, 0.2) is 0 Å². The zero-order chi connectivity index (χ0) is 17.9. The standard InChI is InChI=1S/C22H28N2O2/c1-25-21-11-10-16-13-18(9-8-17(16)14-21)22(23-26-2)19-5-4-12-24(15-19)20-6-3-7-20/h8-11,13-14,19-20H,3-7,12,15H2,1-2H3/b23-22-. The summed E-state index contributed by atoms with van der Waals surface area (Å²) in [7, 11) is 3.36. The molecule has 1 aliphatic heterocycles. The van der Waals surface area contributed by atoms with Gasteiger partial charge in [0.1, 0.15) is 12.9 Å². The maximum absolute atomic E-state index is 5.33. The molecule has 1 heterocycles. The summed E-state index contributed by atoms with van der Waals surface area (Å²) in [6.07, 6.45) is 6.54. The Kier molecular flexibility index (Phi) is 5.11. The van der Waals surface area contributed by atoms with Crippen LogP contribution in [0.1, 0.15) is 37.7 Å². The molecule has 4 rings (SSSR count). The average Bonchev–Trinajstić information content (AvgIpc) is 2.64. The van der Waals surface area contributed by atoms with Crippen LogP contribution in [0.25, 0.3) is 10.8 Å². The fourth-order valence-electron chi connectivity index (χ4n) is 4.28. The van der Waals surface area contributed by atoms with Crippen molar-refractivity contribution in [3.8, 4) is 5.75 Å². The molecule has 2 aromatic carbocycles. The van der Waals surface area contributed by atoms with Gasteiger partial charge in [-0.1, -0.05) is 29.8 Å². The third-order valence-corrected chi connectivity index (χ3v) is 5.96. The number of benzene rings is 2. The van der Waals surface area contributed by atoms with Crippen molar-refractivity contribution < 1.29 is 9.57 Å². The van der Waals surface area contributed by atoms with Gasteiger partial charge in [-0.05, 0) is 61.2 Å². The van der Waals surface area contributed by atoms with Crippen molar-refractivity contribution in [3.63, 3.8) is 0 Å². The third kappa shape index (κ3) is 3.43. The van der Waals surface area contributed by atoms with Crippen LogP contribution in [0, 0.1) is 5.92 Å². The molecule has 138 valence electrons. The average molecular weight is 352 g/mol. The zero-order valence-electron chi connectivity index (χ0n) is 15.8. The van der Waals surface area contributed by atoms with Crippen LogP contribution in [-0.2, 0) is 4.84 Å². The summed E-state index contributed by atoms with van der Waals surface area (Å²) >= 11 is 0. The highest BCUT2D eigenvalue weighted by molar-refractivity contribution is 6.04. The van der Waals surface area contributed by atoms with Crippen molar-refractivity contribution in [2.75, 3.05) is 27.3 Å².